The number of ether oxygens (including phenoxy) is 3. The van der Waals surface area contributed by atoms with Crippen molar-refractivity contribution in [2.24, 2.45) is 5.92 Å². The van der Waals surface area contributed by atoms with Crippen LogP contribution in [0.4, 0.5) is 0 Å². The fourth-order valence-electron chi connectivity index (χ4n) is 3.18. The van der Waals surface area contributed by atoms with Gasteiger partial charge in [-0.25, -0.2) is 4.79 Å². The normalized spacial score (nSPS) is 15.4. The molecule has 0 unspecified atom stereocenters. The number of carbonyl (C=O) groups excluding carboxylic acids is 1. The van der Waals surface area contributed by atoms with Crippen molar-refractivity contribution in [3.05, 3.63) is 45.2 Å². The summed E-state index contributed by atoms with van der Waals surface area (Å²) < 4.78 is 18.2. The monoisotopic (exact) mass is 391 g/mol. The number of fused-ring (bicyclic) bond motifs is 3. The van der Waals surface area contributed by atoms with Gasteiger partial charge < -0.3 is 18.8 Å². The second kappa shape index (κ2) is 7.64. The lowest BCUT2D eigenvalue weighted by Crippen LogP contribution is -2.26. The van der Waals surface area contributed by atoms with Gasteiger partial charge in [0.1, 0.15) is 23.7 Å². The van der Waals surface area contributed by atoms with E-state index in [0.717, 1.165) is 0 Å². The van der Waals surface area contributed by atoms with Gasteiger partial charge in [0.15, 0.2) is 5.43 Å². The van der Waals surface area contributed by atoms with Gasteiger partial charge in [0.2, 0.25) is 0 Å². The number of hydrogen-bond donors (Lipinski definition) is 0. The Balaban J connectivity index is 2.26. The number of halogens is 1. The number of esters is 1. The average Bonchev–Trinajstić information content (AvgIpc) is 2.77. The minimum absolute atomic E-state index is 0.00862. The number of aromatic nitrogens is 1. The highest BCUT2D eigenvalue weighted by Gasteiger charge is 2.28. The SMILES string of the molecule is CCOC(=O)c1cn2c(cc1=O)-c1cc(Cl)c(OC)cc1OC[C@H]2C(C)C. The van der Waals surface area contributed by atoms with Gasteiger partial charge in [-0.05, 0) is 18.9 Å². The van der Waals surface area contributed by atoms with Crippen molar-refractivity contribution in [3.8, 4) is 22.8 Å². The molecule has 0 spiro atoms. The molecule has 7 heteroatoms. The molecule has 1 aliphatic rings. The average molecular weight is 392 g/mol. The molecule has 2 heterocycles. The molecule has 0 fully saturated rings. The van der Waals surface area contributed by atoms with Crippen molar-refractivity contribution in [2.45, 2.75) is 26.8 Å². The van der Waals surface area contributed by atoms with Gasteiger partial charge in [-0.1, -0.05) is 25.4 Å². The van der Waals surface area contributed by atoms with E-state index in [1.165, 1.54) is 13.2 Å². The van der Waals surface area contributed by atoms with E-state index in [1.807, 2.05) is 4.57 Å². The van der Waals surface area contributed by atoms with E-state index >= 15 is 0 Å². The molecule has 1 aliphatic heterocycles. The first-order chi connectivity index (χ1) is 12.9. The largest absolute Gasteiger partial charge is 0.495 e. The Morgan fingerprint density at radius 1 is 1.37 bits per heavy atom. The van der Waals surface area contributed by atoms with Crippen LogP contribution in [0.25, 0.3) is 11.3 Å². The Morgan fingerprint density at radius 2 is 2.11 bits per heavy atom. The van der Waals surface area contributed by atoms with Gasteiger partial charge in [0.05, 0.1) is 30.5 Å². The fraction of sp³-hybridized carbons (Fsp3) is 0.400. The zero-order valence-corrected chi connectivity index (χ0v) is 16.5. The summed E-state index contributed by atoms with van der Waals surface area (Å²) in [7, 11) is 1.53. The van der Waals surface area contributed by atoms with Gasteiger partial charge >= 0.3 is 5.97 Å². The first-order valence-electron chi connectivity index (χ1n) is 8.81. The smallest absolute Gasteiger partial charge is 0.343 e. The lowest BCUT2D eigenvalue weighted by molar-refractivity contribution is 0.0523. The lowest BCUT2D eigenvalue weighted by Gasteiger charge is -2.24. The van der Waals surface area contributed by atoms with E-state index in [0.29, 0.717) is 34.4 Å². The van der Waals surface area contributed by atoms with Crippen LogP contribution in [0, 0.1) is 5.92 Å². The zero-order chi connectivity index (χ0) is 19.7. The molecular weight excluding hydrogens is 370 g/mol. The van der Waals surface area contributed by atoms with Crippen molar-refractivity contribution in [3.63, 3.8) is 0 Å². The number of carbonyl (C=O) groups is 1. The molecule has 0 aliphatic carbocycles. The molecule has 6 nitrogen and oxygen atoms in total. The molecule has 0 radical (unpaired) electrons. The summed E-state index contributed by atoms with van der Waals surface area (Å²) in [5.74, 6) is 0.651. The molecule has 1 aromatic heterocycles. The van der Waals surface area contributed by atoms with E-state index in [9.17, 15) is 9.59 Å². The van der Waals surface area contributed by atoms with Crippen LogP contribution in [0.2, 0.25) is 5.02 Å². The Morgan fingerprint density at radius 3 is 2.74 bits per heavy atom. The number of methoxy groups -OCH3 is 1. The van der Waals surface area contributed by atoms with E-state index in [-0.39, 0.29) is 24.1 Å². The van der Waals surface area contributed by atoms with E-state index < -0.39 is 11.4 Å². The maximum Gasteiger partial charge on any atom is 0.343 e. The molecule has 0 saturated carbocycles. The number of pyridine rings is 1. The molecule has 0 bridgehead atoms. The van der Waals surface area contributed by atoms with Crippen molar-refractivity contribution in [1.29, 1.82) is 0 Å². The molecular formula is C20H22ClNO5. The maximum absolute atomic E-state index is 12.6. The molecule has 2 aromatic rings. The summed E-state index contributed by atoms with van der Waals surface area (Å²) in [5, 5.41) is 0.413. The third kappa shape index (κ3) is 3.54. The van der Waals surface area contributed by atoms with Crippen LogP contribution in [-0.2, 0) is 4.74 Å². The quantitative estimate of drug-likeness (QED) is 0.738. The standard InChI is InChI=1S/C20H22ClNO5/c1-5-26-20(24)13-9-22-15(7-17(13)23)12-6-14(21)19(25-4)8-18(12)27-10-16(22)11(2)3/h6-9,11,16H,5,10H2,1-4H3/t16-/m0/s1. The molecule has 0 N–H and O–H groups in total. The second-order valence-corrected chi connectivity index (χ2v) is 7.08. The summed E-state index contributed by atoms with van der Waals surface area (Å²) in [5.41, 5.74) is 0.927. The molecule has 27 heavy (non-hydrogen) atoms. The van der Waals surface area contributed by atoms with Gasteiger partial charge in [0.25, 0.3) is 0 Å². The Labute approximate surface area is 162 Å². The summed E-state index contributed by atoms with van der Waals surface area (Å²) in [6.45, 7) is 6.41. The summed E-state index contributed by atoms with van der Waals surface area (Å²) in [4.78, 5) is 24.8. The fourth-order valence-corrected chi connectivity index (χ4v) is 3.42. The van der Waals surface area contributed by atoms with Gasteiger partial charge in [-0.15, -0.1) is 0 Å². The van der Waals surface area contributed by atoms with Crippen molar-refractivity contribution >= 4 is 17.6 Å². The third-order valence-corrected chi connectivity index (χ3v) is 4.94. The van der Waals surface area contributed by atoms with Crippen LogP contribution < -0.4 is 14.9 Å². The minimum atomic E-state index is -0.626. The van der Waals surface area contributed by atoms with Crippen LogP contribution in [0.1, 0.15) is 37.2 Å². The Hall–Kier alpha value is -2.47. The van der Waals surface area contributed by atoms with Crippen LogP contribution in [0.5, 0.6) is 11.5 Å². The van der Waals surface area contributed by atoms with Crippen LogP contribution >= 0.6 is 11.6 Å². The molecule has 0 amide bonds. The minimum Gasteiger partial charge on any atom is -0.495 e. The van der Waals surface area contributed by atoms with Crippen LogP contribution in [0.3, 0.4) is 0 Å². The third-order valence-electron chi connectivity index (χ3n) is 4.64. The highest BCUT2D eigenvalue weighted by molar-refractivity contribution is 6.32. The zero-order valence-electron chi connectivity index (χ0n) is 15.7. The topological polar surface area (TPSA) is 66.8 Å². The summed E-state index contributed by atoms with van der Waals surface area (Å²) in [6.07, 6.45) is 1.57. The second-order valence-electron chi connectivity index (χ2n) is 6.67. The van der Waals surface area contributed by atoms with Gasteiger partial charge in [0, 0.05) is 23.9 Å². The van der Waals surface area contributed by atoms with E-state index in [1.54, 1.807) is 25.3 Å². The van der Waals surface area contributed by atoms with Crippen molar-refractivity contribution in [2.75, 3.05) is 20.3 Å². The van der Waals surface area contributed by atoms with Crippen LogP contribution in [-0.4, -0.2) is 30.9 Å². The molecule has 0 saturated heterocycles. The highest BCUT2D eigenvalue weighted by atomic mass is 35.5. The summed E-state index contributed by atoms with van der Waals surface area (Å²) >= 11 is 6.30. The number of benzene rings is 1. The van der Waals surface area contributed by atoms with Crippen molar-refractivity contribution < 1.29 is 19.0 Å². The van der Waals surface area contributed by atoms with Crippen molar-refractivity contribution in [1.82, 2.24) is 4.57 Å². The molecule has 1 aromatic carbocycles. The Bertz CT molecular complexity index is 935. The summed E-state index contributed by atoms with van der Waals surface area (Å²) in [6, 6.07) is 4.80. The molecule has 144 valence electrons. The van der Waals surface area contributed by atoms with Gasteiger partial charge in [-0.3, -0.25) is 4.79 Å². The Kier molecular flexibility index (Phi) is 5.46. The van der Waals surface area contributed by atoms with E-state index in [2.05, 4.69) is 13.8 Å². The maximum atomic E-state index is 12.6. The molecule has 3 rings (SSSR count). The number of rotatable bonds is 4. The lowest BCUT2D eigenvalue weighted by atomic mass is 10.0. The highest BCUT2D eigenvalue weighted by Crippen LogP contribution is 2.42. The van der Waals surface area contributed by atoms with Gasteiger partial charge in [-0.2, -0.15) is 0 Å². The predicted molar refractivity (Wildman–Crippen MR) is 103 cm³/mol. The first kappa shape index (κ1) is 19.3. The van der Waals surface area contributed by atoms with E-state index in [4.69, 9.17) is 25.8 Å². The number of hydrogen-bond acceptors (Lipinski definition) is 5. The predicted octanol–water partition coefficient (Wildman–Crippen LogP) is 3.94. The number of nitrogens with zero attached hydrogens (tertiary/aromatic N) is 1. The first-order valence-corrected chi connectivity index (χ1v) is 9.19. The van der Waals surface area contributed by atoms with Crippen LogP contribution in [0.15, 0.2) is 29.2 Å². The molecule has 1 atom stereocenters.